The Morgan fingerprint density at radius 1 is 0.895 bits per heavy atom. The highest BCUT2D eigenvalue weighted by molar-refractivity contribution is 5.93. The third kappa shape index (κ3) is 7.88. The summed E-state index contributed by atoms with van der Waals surface area (Å²) in [5.41, 5.74) is 10.6. The normalized spacial score (nSPS) is 17.1. The summed E-state index contributed by atoms with van der Waals surface area (Å²) in [6.07, 6.45) is 8.18. The topological polar surface area (TPSA) is 111 Å². The van der Waals surface area contributed by atoms with Gasteiger partial charge in [-0.2, -0.15) is 0 Å². The van der Waals surface area contributed by atoms with Crippen LogP contribution in [0.2, 0.25) is 0 Å². The van der Waals surface area contributed by atoms with E-state index in [4.69, 9.17) is 10.5 Å². The summed E-state index contributed by atoms with van der Waals surface area (Å²) in [6, 6.07) is 22.6. The number of amides is 2. The molecular formula is C31H33N3O4. The van der Waals surface area contributed by atoms with Crippen molar-refractivity contribution >= 4 is 35.7 Å². The Balaban J connectivity index is 1.38. The summed E-state index contributed by atoms with van der Waals surface area (Å²) in [4.78, 5) is 35.7. The number of ether oxygens (including phenoxy) is 1. The second-order valence-electron chi connectivity index (χ2n) is 9.47. The largest absolute Gasteiger partial charge is 0.446 e. The Labute approximate surface area is 223 Å². The number of hydrogen-bond donors (Lipinski definition) is 3. The minimum Gasteiger partial charge on any atom is -0.446 e. The second kappa shape index (κ2) is 13.4. The van der Waals surface area contributed by atoms with Crippen LogP contribution < -0.4 is 16.4 Å². The molecule has 1 aliphatic rings. The molecule has 0 aliphatic heterocycles. The molecule has 7 nitrogen and oxygen atoms in total. The Morgan fingerprint density at radius 3 is 2.32 bits per heavy atom. The summed E-state index contributed by atoms with van der Waals surface area (Å²) in [5, 5.41) is 5.77. The number of hydrogen-bond acceptors (Lipinski definition) is 5. The molecule has 196 valence electrons. The van der Waals surface area contributed by atoms with Crippen molar-refractivity contribution in [3.63, 3.8) is 0 Å². The van der Waals surface area contributed by atoms with Crippen LogP contribution in [0.1, 0.15) is 54.4 Å². The molecular weight excluding hydrogens is 478 g/mol. The number of carbonyl (C=O) groups excluding carboxylic acids is 3. The van der Waals surface area contributed by atoms with Crippen LogP contribution in [0.5, 0.6) is 0 Å². The van der Waals surface area contributed by atoms with E-state index >= 15 is 0 Å². The van der Waals surface area contributed by atoms with Crippen molar-refractivity contribution in [3.05, 3.63) is 90.0 Å². The molecule has 1 fully saturated rings. The number of anilines is 2. The van der Waals surface area contributed by atoms with Crippen LogP contribution in [0, 0.1) is 0 Å². The molecule has 7 heteroatoms. The third-order valence-electron chi connectivity index (χ3n) is 6.54. The van der Waals surface area contributed by atoms with Gasteiger partial charge in [-0.1, -0.05) is 54.6 Å². The molecule has 1 saturated carbocycles. The molecule has 38 heavy (non-hydrogen) atoms. The van der Waals surface area contributed by atoms with Crippen molar-refractivity contribution in [2.45, 2.75) is 50.7 Å². The fraction of sp³-hybridized carbons (Fsp3) is 0.258. The van der Waals surface area contributed by atoms with Gasteiger partial charge in [0, 0.05) is 29.3 Å². The lowest BCUT2D eigenvalue weighted by Gasteiger charge is -2.26. The molecule has 2 amide bonds. The molecule has 1 aliphatic carbocycles. The Morgan fingerprint density at radius 2 is 1.61 bits per heavy atom. The highest BCUT2D eigenvalue weighted by Crippen LogP contribution is 2.30. The van der Waals surface area contributed by atoms with Crippen molar-refractivity contribution in [1.82, 2.24) is 0 Å². The first-order chi connectivity index (χ1) is 18.5. The fourth-order valence-corrected chi connectivity index (χ4v) is 4.44. The first-order valence-electron chi connectivity index (χ1n) is 12.9. The summed E-state index contributed by atoms with van der Waals surface area (Å²) >= 11 is 0. The van der Waals surface area contributed by atoms with E-state index in [0.29, 0.717) is 29.8 Å². The molecule has 0 unspecified atom stereocenters. The molecule has 0 aromatic heterocycles. The van der Waals surface area contributed by atoms with Crippen molar-refractivity contribution in [2.75, 3.05) is 10.6 Å². The summed E-state index contributed by atoms with van der Waals surface area (Å²) in [7, 11) is 0. The zero-order valence-corrected chi connectivity index (χ0v) is 21.3. The van der Waals surface area contributed by atoms with Gasteiger partial charge in [-0.15, -0.1) is 0 Å². The monoisotopic (exact) mass is 511 g/mol. The minimum absolute atomic E-state index is 0.110. The Bertz CT molecular complexity index is 1260. The lowest BCUT2D eigenvalue weighted by atomic mass is 9.94. The van der Waals surface area contributed by atoms with Crippen molar-refractivity contribution in [1.29, 1.82) is 0 Å². The number of nitrogens with one attached hydrogen (secondary N) is 2. The number of rotatable bonds is 9. The minimum atomic E-state index is -0.471. The van der Waals surface area contributed by atoms with E-state index < -0.39 is 6.09 Å². The number of allylic oxidation sites excluding steroid dienone is 1. The van der Waals surface area contributed by atoms with Crippen LogP contribution in [-0.4, -0.2) is 30.4 Å². The lowest BCUT2D eigenvalue weighted by molar-refractivity contribution is -0.116. The smallest absolute Gasteiger partial charge is 0.411 e. The average Bonchev–Trinajstić information content (AvgIpc) is 2.93. The molecule has 0 spiro atoms. The zero-order chi connectivity index (χ0) is 26.7. The number of nitrogens with two attached hydrogens (primary N) is 1. The van der Waals surface area contributed by atoms with Gasteiger partial charge in [-0.3, -0.25) is 14.9 Å². The molecule has 0 bridgehead atoms. The van der Waals surface area contributed by atoms with Crippen molar-refractivity contribution < 1.29 is 19.1 Å². The van der Waals surface area contributed by atoms with Crippen LogP contribution in [-0.2, 0) is 9.53 Å². The van der Waals surface area contributed by atoms with E-state index in [0.717, 1.165) is 48.7 Å². The molecule has 3 aromatic carbocycles. The summed E-state index contributed by atoms with van der Waals surface area (Å²) in [5.74, 6) is -0.110. The van der Waals surface area contributed by atoms with Crippen LogP contribution in [0.25, 0.3) is 17.2 Å². The van der Waals surface area contributed by atoms with E-state index in [-0.39, 0.29) is 18.1 Å². The standard InChI is InChI=1S/C31H33N3O4/c32-25-13-17-27(18-14-25)38-31(37)34-29-20-22(12-19-28(29)24-7-2-1-3-8-24)6-4-5-9-30(36)33-26-15-10-23(21-35)11-16-26/h1-4,6-8,10-12,15-16,19-21,25,27H,5,9,13-14,17-18,32H2,(H,33,36)(H,34,37)/b6-4+. The first-order valence-corrected chi connectivity index (χ1v) is 12.9. The van der Waals surface area contributed by atoms with Crippen LogP contribution in [0.15, 0.2) is 78.9 Å². The Hall–Kier alpha value is -4.23. The number of carbonyl (C=O) groups is 3. The van der Waals surface area contributed by atoms with E-state index in [1.165, 1.54) is 0 Å². The van der Waals surface area contributed by atoms with Gasteiger partial charge in [0.2, 0.25) is 5.91 Å². The molecule has 4 rings (SSSR count). The molecule has 0 heterocycles. The van der Waals surface area contributed by atoms with E-state index in [2.05, 4.69) is 10.6 Å². The molecule has 0 atom stereocenters. The fourth-order valence-electron chi connectivity index (χ4n) is 4.44. The maximum atomic E-state index is 12.7. The lowest BCUT2D eigenvalue weighted by Crippen LogP contribution is -2.32. The Kier molecular flexibility index (Phi) is 9.43. The van der Waals surface area contributed by atoms with Gasteiger partial charge in [-0.05, 0) is 73.6 Å². The number of benzene rings is 3. The molecule has 0 saturated heterocycles. The molecule has 3 aromatic rings. The van der Waals surface area contributed by atoms with E-state index in [1.807, 2.05) is 60.7 Å². The maximum Gasteiger partial charge on any atom is 0.411 e. The van der Waals surface area contributed by atoms with Crippen molar-refractivity contribution in [3.8, 4) is 11.1 Å². The van der Waals surface area contributed by atoms with Gasteiger partial charge < -0.3 is 15.8 Å². The third-order valence-corrected chi connectivity index (χ3v) is 6.54. The van der Waals surface area contributed by atoms with E-state index in [9.17, 15) is 14.4 Å². The average molecular weight is 512 g/mol. The highest BCUT2D eigenvalue weighted by atomic mass is 16.6. The summed E-state index contributed by atoms with van der Waals surface area (Å²) in [6.45, 7) is 0. The van der Waals surface area contributed by atoms with Gasteiger partial charge in [0.1, 0.15) is 12.4 Å². The van der Waals surface area contributed by atoms with Gasteiger partial charge in [0.15, 0.2) is 0 Å². The predicted octanol–water partition coefficient (Wildman–Crippen LogP) is 6.42. The van der Waals surface area contributed by atoms with Gasteiger partial charge >= 0.3 is 6.09 Å². The first kappa shape index (κ1) is 26.8. The van der Waals surface area contributed by atoms with Crippen LogP contribution in [0.4, 0.5) is 16.2 Å². The van der Waals surface area contributed by atoms with Gasteiger partial charge in [0.05, 0.1) is 5.69 Å². The second-order valence-corrected chi connectivity index (χ2v) is 9.47. The van der Waals surface area contributed by atoms with Crippen molar-refractivity contribution in [2.24, 2.45) is 5.73 Å². The predicted molar refractivity (Wildman–Crippen MR) is 151 cm³/mol. The van der Waals surface area contributed by atoms with Gasteiger partial charge in [0.25, 0.3) is 0 Å². The van der Waals surface area contributed by atoms with Crippen LogP contribution in [0.3, 0.4) is 0 Å². The maximum absolute atomic E-state index is 12.7. The molecule has 4 N–H and O–H groups in total. The zero-order valence-electron chi connectivity index (χ0n) is 21.3. The highest BCUT2D eigenvalue weighted by Gasteiger charge is 2.22. The SMILES string of the molecule is NC1CCC(OC(=O)Nc2cc(/C=C/CCC(=O)Nc3ccc(C=O)cc3)ccc2-c2ccccc2)CC1. The van der Waals surface area contributed by atoms with Gasteiger partial charge in [-0.25, -0.2) is 4.79 Å². The summed E-state index contributed by atoms with van der Waals surface area (Å²) < 4.78 is 5.68. The molecule has 0 radical (unpaired) electrons. The quantitative estimate of drug-likeness (QED) is 0.287. The number of aldehydes is 1. The van der Waals surface area contributed by atoms with E-state index in [1.54, 1.807) is 24.3 Å². The van der Waals surface area contributed by atoms with Crippen LogP contribution >= 0.6 is 0 Å².